The zero-order chi connectivity index (χ0) is 22.3. The van der Waals surface area contributed by atoms with Gasteiger partial charge in [0.25, 0.3) is 0 Å². The van der Waals surface area contributed by atoms with Crippen LogP contribution in [0.15, 0.2) is 47.4 Å². The lowest BCUT2D eigenvalue weighted by Gasteiger charge is -2.20. The Kier molecular flexibility index (Phi) is 8.25. The Labute approximate surface area is 179 Å². The largest absolute Gasteiger partial charge is 0.490 e. The van der Waals surface area contributed by atoms with Crippen LogP contribution < -0.4 is 14.8 Å². The zero-order valence-corrected chi connectivity index (χ0v) is 19.0. The number of ether oxygens (including phenoxy) is 2. The number of carbonyl (C=O) groups excluding carboxylic acids is 1. The van der Waals surface area contributed by atoms with Gasteiger partial charge in [-0.05, 0) is 57.5 Å². The average molecular weight is 435 g/mol. The van der Waals surface area contributed by atoms with Crippen molar-refractivity contribution in [1.82, 2.24) is 9.62 Å². The van der Waals surface area contributed by atoms with Crippen molar-refractivity contribution in [2.24, 2.45) is 0 Å². The molecule has 0 bridgehead atoms. The first kappa shape index (κ1) is 23.7. The van der Waals surface area contributed by atoms with Crippen LogP contribution >= 0.6 is 0 Å². The van der Waals surface area contributed by atoms with Crippen LogP contribution in [0.2, 0.25) is 0 Å². The molecule has 0 saturated heterocycles. The second-order valence-electron chi connectivity index (χ2n) is 6.94. The van der Waals surface area contributed by atoms with Gasteiger partial charge in [-0.15, -0.1) is 0 Å². The van der Waals surface area contributed by atoms with E-state index in [1.165, 1.54) is 19.2 Å². The van der Waals surface area contributed by atoms with E-state index in [4.69, 9.17) is 9.47 Å². The lowest BCUT2D eigenvalue weighted by atomic mass is 10.1. The number of sulfonamides is 1. The predicted octanol–water partition coefficient (Wildman–Crippen LogP) is 3.29. The van der Waals surface area contributed by atoms with Gasteiger partial charge in [-0.2, -0.15) is 4.31 Å². The maximum absolute atomic E-state index is 12.7. The molecule has 0 aliphatic heterocycles. The lowest BCUT2D eigenvalue weighted by molar-refractivity contribution is -0.121. The van der Waals surface area contributed by atoms with Crippen LogP contribution in [-0.4, -0.2) is 45.4 Å². The molecular weight excluding hydrogens is 404 g/mol. The fourth-order valence-electron chi connectivity index (χ4n) is 2.88. The number of nitrogens with one attached hydrogen (secondary N) is 1. The molecule has 0 fully saturated rings. The smallest absolute Gasteiger partial charge is 0.243 e. The minimum Gasteiger partial charge on any atom is -0.490 e. The Bertz CT molecular complexity index is 958. The van der Waals surface area contributed by atoms with E-state index < -0.39 is 15.9 Å². The van der Waals surface area contributed by atoms with Crippen molar-refractivity contribution in [2.75, 3.05) is 26.8 Å². The molecule has 0 heterocycles. The normalized spacial score (nSPS) is 12.5. The van der Waals surface area contributed by atoms with Crippen molar-refractivity contribution in [2.45, 2.75) is 38.6 Å². The summed E-state index contributed by atoms with van der Waals surface area (Å²) in [6, 6.07) is 11.7. The Morgan fingerprint density at radius 1 is 1.03 bits per heavy atom. The molecule has 2 aromatic rings. The highest BCUT2D eigenvalue weighted by atomic mass is 32.2. The summed E-state index contributed by atoms with van der Waals surface area (Å²) in [6.07, 6.45) is 0. The van der Waals surface area contributed by atoms with Crippen molar-refractivity contribution in [3.05, 3.63) is 53.6 Å². The fourth-order valence-corrected chi connectivity index (χ4v) is 4.01. The minimum absolute atomic E-state index is 0.157. The molecule has 7 nitrogen and oxygen atoms in total. The van der Waals surface area contributed by atoms with E-state index in [2.05, 4.69) is 5.32 Å². The summed E-state index contributed by atoms with van der Waals surface area (Å²) in [5, 5.41) is 2.84. The number of benzene rings is 2. The van der Waals surface area contributed by atoms with Gasteiger partial charge in [0.2, 0.25) is 15.9 Å². The molecule has 1 N–H and O–H groups in total. The quantitative estimate of drug-likeness (QED) is 0.620. The second kappa shape index (κ2) is 10.4. The topological polar surface area (TPSA) is 84.9 Å². The molecule has 1 atom stereocenters. The van der Waals surface area contributed by atoms with E-state index >= 15 is 0 Å². The number of nitrogens with zero attached hydrogens (tertiary/aromatic N) is 1. The van der Waals surface area contributed by atoms with E-state index in [9.17, 15) is 13.2 Å². The first-order valence-electron chi connectivity index (χ1n) is 9.91. The highest BCUT2D eigenvalue weighted by Crippen LogP contribution is 2.30. The van der Waals surface area contributed by atoms with Gasteiger partial charge < -0.3 is 14.8 Å². The third-order valence-corrected chi connectivity index (χ3v) is 6.36. The number of rotatable bonds is 10. The van der Waals surface area contributed by atoms with Gasteiger partial charge >= 0.3 is 0 Å². The molecule has 0 aliphatic carbocycles. The fraction of sp³-hybridized carbons (Fsp3) is 0.409. The van der Waals surface area contributed by atoms with Gasteiger partial charge in [-0.3, -0.25) is 4.79 Å². The Balaban J connectivity index is 2.06. The Hall–Kier alpha value is -2.58. The van der Waals surface area contributed by atoms with Crippen molar-refractivity contribution >= 4 is 15.9 Å². The lowest BCUT2D eigenvalue weighted by Crippen LogP contribution is -2.39. The van der Waals surface area contributed by atoms with Gasteiger partial charge in [0.1, 0.15) is 0 Å². The number of hydrogen-bond donors (Lipinski definition) is 1. The third kappa shape index (κ3) is 5.96. The molecule has 164 valence electrons. The summed E-state index contributed by atoms with van der Waals surface area (Å²) in [5.41, 5.74) is 1.80. The van der Waals surface area contributed by atoms with E-state index in [-0.39, 0.29) is 17.5 Å². The van der Waals surface area contributed by atoms with Crippen LogP contribution in [0.25, 0.3) is 0 Å². The van der Waals surface area contributed by atoms with Crippen molar-refractivity contribution in [3.8, 4) is 11.5 Å². The predicted molar refractivity (Wildman–Crippen MR) is 116 cm³/mol. The third-order valence-electron chi connectivity index (χ3n) is 4.54. The molecule has 0 saturated carbocycles. The number of aryl methyl sites for hydroxylation is 1. The standard InChI is InChI=1S/C22H30N2O5S/c1-6-28-20-13-10-18(14-21(20)29-7-2)17(4)23-22(25)15-24(5)30(26,27)19-11-8-16(3)9-12-19/h8-14,17H,6-7,15H2,1-5H3,(H,23,25)/t17-/m0/s1. The highest BCUT2D eigenvalue weighted by molar-refractivity contribution is 7.89. The van der Waals surface area contributed by atoms with Crippen LogP contribution in [-0.2, 0) is 14.8 Å². The van der Waals surface area contributed by atoms with Crippen LogP contribution in [0.5, 0.6) is 11.5 Å². The highest BCUT2D eigenvalue weighted by Gasteiger charge is 2.23. The molecule has 30 heavy (non-hydrogen) atoms. The molecule has 0 unspecified atom stereocenters. The number of carbonyl (C=O) groups is 1. The molecule has 0 aromatic heterocycles. The van der Waals surface area contributed by atoms with Crippen LogP contribution in [0.4, 0.5) is 0 Å². The summed E-state index contributed by atoms with van der Waals surface area (Å²) in [7, 11) is -2.35. The summed E-state index contributed by atoms with van der Waals surface area (Å²) in [4.78, 5) is 12.6. The van der Waals surface area contributed by atoms with E-state index in [1.807, 2.05) is 39.8 Å². The van der Waals surface area contributed by atoms with E-state index in [0.717, 1.165) is 15.4 Å². The van der Waals surface area contributed by atoms with Crippen molar-refractivity contribution in [1.29, 1.82) is 0 Å². The summed E-state index contributed by atoms with van der Waals surface area (Å²) in [6.45, 7) is 8.23. The van der Waals surface area contributed by atoms with Crippen LogP contribution in [0.1, 0.15) is 37.9 Å². The first-order chi connectivity index (χ1) is 14.2. The van der Waals surface area contributed by atoms with E-state index in [0.29, 0.717) is 24.7 Å². The summed E-state index contributed by atoms with van der Waals surface area (Å²) < 4.78 is 37.6. The molecular formula is C22H30N2O5S. The Morgan fingerprint density at radius 3 is 2.23 bits per heavy atom. The molecule has 0 aliphatic rings. The van der Waals surface area contributed by atoms with E-state index in [1.54, 1.807) is 18.2 Å². The van der Waals surface area contributed by atoms with Gasteiger partial charge in [-0.25, -0.2) is 8.42 Å². The van der Waals surface area contributed by atoms with Gasteiger partial charge in [-0.1, -0.05) is 23.8 Å². The zero-order valence-electron chi connectivity index (χ0n) is 18.1. The summed E-state index contributed by atoms with van der Waals surface area (Å²) in [5.74, 6) is 0.857. The number of amides is 1. The van der Waals surface area contributed by atoms with Gasteiger partial charge in [0.05, 0.1) is 30.7 Å². The molecule has 0 radical (unpaired) electrons. The second-order valence-corrected chi connectivity index (χ2v) is 8.98. The summed E-state index contributed by atoms with van der Waals surface area (Å²) >= 11 is 0. The average Bonchev–Trinajstić information content (AvgIpc) is 2.69. The van der Waals surface area contributed by atoms with Crippen LogP contribution in [0.3, 0.4) is 0 Å². The van der Waals surface area contributed by atoms with Gasteiger partial charge in [0.15, 0.2) is 11.5 Å². The first-order valence-corrected chi connectivity index (χ1v) is 11.3. The maximum atomic E-state index is 12.7. The monoisotopic (exact) mass is 434 g/mol. The maximum Gasteiger partial charge on any atom is 0.243 e. The number of hydrogen-bond acceptors (Lipinski definition) is 5. The van der Waals surface area contributed by atoms with Crippen molar-refractivity contribution < 1.29 is 22.7 Å². The minimum atomic E-state index is -3.74. The molecule has 2 aromatic carbocycles. The van der Waals surface area contributed by atoms with Gasteiger partial charge in [0, 0.05) is 7.05 Å². The molecule has 1 amide bonds. The van der Waals surface area contributed by atoms with Crippen LogP contribution in [0, 0.1) is 6.92 Å². The SMILES string of the molecule is CCOc1ccc([C@H](C)NC(=O)CN(C)S(=O)(=O)c2ccc(C)cc2)cc1OCC. The number of likely N-dealkylation sites (N-methyl/N-ethyl adjacent to an activating group) is 1. The van der Waals surface area contributed by atoms with Crippen molar-refractivity contribution in [3.63, 3.8) is 0 Å². The molecule has 0 spiro atoms. The molecule has 2 rings (SSSR count). The Morgan fingerprint density at radius 2 is 1.63 bits per heavy atom. The molecule has 8 heteroatoms.